The van der Waals surface area contributed by atoms with Gasteiger partial charge in [-0.25, -0.2) is 4.79 Å². The Kier molecular flexibility index (Phi) is 2.24. The van der Waals surface area contributed by atoms with Gasteiger partial charge in [0.15, 0.2) is 0 Å². The van der Waals surface area contributed by atoms with Gasteiger partial charge in [0.1, 0.15) is 17.5 Å². The molecule has 0 aromatic heterocycles. The number of β-lactam (4-membered cyclic amide) rings is 1. The molecule has 0 unspecified atom stereocenters. The number of nitrogens with zero attached hydrogens (tertiary/aromatic N) is 1. The molecule has 15 heavy (non-hydrogen) atoms. The average molecular weight is 230 g/mol. The van der Waals surface area contributed by atoms with Crippen molar-refractivity contribution in [3.05, 3.63) is 0 Å². The molecule has 6 heteroatoms. The van der Waals surface area contributed by atoms with Gasteiger partial charge < -0.3 is 15.3 Å². The summed E-state index contributed by atoms with van der Waals surface area (Å²) < 4.78 is -0.419. The van der Waals surface area contributed by atoms with Gasteiger partial charge in [-0.2, -0.15) is 0 Å². The summed E-state index contributed by atoms with van der Waals surface area (Å²) in [5, 5.41) is 12.0. The Hall–Kier alpha value is -0.750. The number of carbonyl (C=O) groups is 2. The van der Waals surface area contributed by atoms with Crippen molar-refractivity contribution in [3.63, 3.8) is 0 Å². The molecule has 2 saturated heterocycles. The van der Waals surface area contributed by atoms with Gasteiger partial charge in [0.2, 0.25) is 5.91 Å². The first-order valence-corrected chi connectivity index (χ1v) is 5.68. The van der Waals surface area contributed by atoms with Crippen LogP contribution in [0, 0.1) is 0 Å². The fourth-order valence-corrected chi connectivity index (χ4v) is 3.97. The van der Waals surface area contributed by atoms with Crippen molar-refractivity contribution < 1.29 is 14.7 Å². The second-order valence-corrected chi connectivity index (χ2v) is 6.14. The molecule has 1 amide bonds. The van der Waals surface area contributed by atoms with Gasteiger partial charge in [-0.05, 0) is 20.9 Å². The molecule has 2 N–H and O–H groups in total. The van der Waals surface area contributed by atoms with E-state index in [2.05, 4.69) is 5.32 Å². The topological polar surface area (TPSA) is 69.6 Å². The van der Waals surface area contributed by atoms with E-state index in [9.17, 15) is 9.59 Å². The van der Waals surface area contributed by atoms with Crippen LogP contribution in [0.5, 0.6) is 0 Å². The Labute approximate surface area is 92.2 Å². The molecule has 5 nitrogen and oxygen atoms in total. The number of carboxylic acids is 1. The molecule has 2 fully saturated rings. The molecule has 2 heterocycles. The first kappa shape index (κ1) is 10.8. The molecule has 0 radical (unpaired) electrons. The molecule has 3 atom stereocenters. The zero-order valence-corrected chi connectivity index (χ0v) is 9.67. The number of carboxylic acid groups (broad SMARTS) is 1. The van der Waals surface area contributed by atoms with Gasteiger partial charge in [-0.1, -0.05) is 0 Å². The predicted octanol–water partition coefficient (Wildman–Crippen LogP) is -0.279. The second kappa shape index (κ2) is 3.12. The molecule has 0 aromatic carbocycles. The minimum absolute atomic E-state index is 0.0291. The van der Waals surface area contributed by atoms with Crippen LogP contribution in [0.1, 0.15) is 13.8 Å². The molecular weight excluding hydrogens is 216 g/mol. The Morgan fingerprint density at radius 1 is 1.60 bits per heavy atom. The number of likely N-dealkylation sites (N-methyl/N-ethyl adjacent to an activating group) is 1. The van der Waals surface area contributed by atoms with E-state index in [1.54, 1.807) is 18.8 Å². The Morgan fingerprint density at radius 2 is 2.20 bits per heavy atom. The SMILES string of the molecule is CN[C@@H]1C(=O)N2[C@@H]1SC(C)(C)[C@@H]2C(=O)O. The van der Waals surface area contributed by atoms with Crippen LogP contribution in [0.2, 0.25) is 0 Å². The third kappa shape index (κ3) is 1.28. The number of rotatable bonds is 2. The van der Waals surface area contributed by atoms with Gasteiger partial charge in [0, 0.05) is 4.75 Å². The van der Waals surface area contributed by atoms with Gasteiger partial charge in [-0.3, -0.25) is 4.79 Å². The number of aliphatic carboxylic acids is 1. The molecule has 2 rings (SSSR count). The zero-order valence-electron chi connectivity index (χ0n) is 8.85. The minimum Gasteiger partial charge on any atom is -0.480 e. The van der Waals surface area contributed by atoms with Crippen LogP contribution in [0.4, 0.5) is 0 Å². The lowest BCUT2D eigenvalue weighted by molar-refractivity contribution is -0.160. The van der Waals surface area contributed by atoms with Gasteiger partial charge in [0.05, 0.1) is 0 Å². The highest BCUT2D eigenvalue weighted by Gasteiger charge is 2.63. The first-order chi connectivity index (χ1) is 6.90. The standard InChI is InChI=1S/C9H14N2O3S/c1-9(2)5(8(13)14)11-6(12)4(10-3)7(11)15-9/h4-5,7,10H,1-3H3,(H,13,14)/t4-,5+,7-/m1/s1. The van der Waals surface area contributed by atoms with Gasteiger partial charge in [0.25, 0.3) is 0 Å². The number of hydrogen-bond donors (Lipinski definition) is 2. The highest BCUT2D eigenvalue weighted by atomic mass is 32.2. The summed E-state index contributed by atoms with van der Waals surface area (Å²) in [5.41, 5.74) is 0. The van der Waals surface area contributed by atoms with Crippen molar-refractivity contribution in [1.29, 1.82) is 0 Å². The van der Waals surface area contributed by atoms with Crippen molar-refractivity contribution >= 4 is 23.6 Å². The number of carbonyl (C=O) groups excluding carboxylic acids is 1. The van der Waals surface area contributed by atoms with E-state index in [0.29, 0.717) is 0 Å². The number of thioether (sulfide) groups is 1. The fraction of sp³-hybridized carbons (Fsp3) is 0.778. The highest BCUT2D eigenvalue weighted by Crippen LogP contribution is 2.50. The third-order valence-corrected chi connectivity index (χ3v) is 4.56. The van der Waals surface area contributed by atoms with Gasteiger partial charge >= 0.3 is 5.97 Å². The number of amides is 1. The van der Waals surface area contributed by atoms with Crippen LogP contribution >= 0.6 is 11.8 Å². The monoisotopic (exact) mass is 230 g/mol. The Bertz CT molecular complexity index is 331. The Morgan fingerprint density at radius 3 is 2.67 bits per heavy atom. The van der Waals surface area contributed by atoms with E-state index >= 15 is 0 Å². The maximum Gasteiger partial charge on any atom is 0.327 e. The summed E-state index contributed by atoms with van der Waals surface area (Å²) in [7, 11) is 1.72. The summed E-state index contributed by atoms with van der Waals surface area (Å²) in [6.45, 7) is 3.74. The van der Waals surface area contributed by atoms with Crippen molar-refractivity contribution in [2.24, 2.45) is 0 Å². The first-order valence-electron chi connectivity index (χ1n) is 4.80. The lowest BCUT2D eigenvalue weighted by Gasteiger charge is -2.43. The van der Waals surface area contributed by atoms with E-state index in [-0.39, 0.29) is 17.3 Å². The molecule has 0 saturated carbocycles. The van der Waals surface area contributed by atoms with Crippen LogP contribution in [-0.2, 0) is 9.59 Å². The molecule has 2 aliphatic rings. The van der Waals surface area contributed by atoms with Crippen LogP contribution < -0.4 is 5.32 Å². The van der Waals surface area contributed by atoms with Crippen molar-refractivity contribution in [3.8, 4) is 0 Å². The predicted molar refractivity (Wildman–Crippen MR) is 56.6 cm³/mol. The minimum atomic E-state index is -0.919. The highest BCUT2D eigenvalue weighted by molar-refractivity contribution is 8.01. The molecule has 0 spiro atoms. The smallest absolute Gasteiger partial charge is 0.327 e. The molecular formula is C9H14N2O3S. The summed E-state index contributed by atoms with van der Waals surface area (Å²) in [6.07, 6.45) is 0. The van der Waals surface area contributed by atoms with Crippen LogP contribution in [-0.4, -0.2) is 51.1 Å². The largest absolute Gasteiger partial charge is 0.480 e. The van der Waals surface area contributed by atoms with E-state index in [1.807, 2.05) is 13.8 Å². The van der Waals surface area contributed by atoms with Crippen LogP contribution in [0.3, 0.4) is 0 Å². The van der Waals surface area contributed by atoms with Gasteiger partial charge in [-0.15, -0.1) is 11.8 Å². The summed E-state index contributed by atoms with van der Waals surface area (Å²) in [6, 6.07) is -0.928. The van der Waals surface area contributed by atoms with Crippen molar-refractivity contribution in [2.45, 2.75) is 36.1 Å². The molecule has 0 aromatic rings. The van der Waals surface area contributed by atoms with E-state index < -0.39 is 16.8 Å². The number of nitrogens with one attached hydrogen (secondary N) is 1. The van der Waals surface area contributed by atoms with E-state index in [4.69, 9.17) is 5.11 Å². The molecule has 84 valence electrons. The molecule has 0 aliphatic carbocycles. The Balaban J connectivity index is 2.28. The molecule has 2 aliphatic heterocycles. The summed E-state index contributed by atoms with van der Waals surface area (Å²) in [5.74, 6) is -1.02. The maximum absolute atomic E-state index is 11.7. The summed E-state index contributed by atoms with van der Waals surface area (Å²) in [4.78, 5) is 24.3. The van der Waals surface area contributed by atoms with E-state index in [1.165, 1.54) is 4.90 Å². The molecule has 0 bridgehead atoms. The average Bonchev–Trinajstić information content (AvgIpc) is 2.35. The number of hydrogen-bond acceptors (Lipinski definition) is 4. The quantitative estimate of drug-likeness (QED) is 0.639. The van der Waals surface area contributed by atoms with Crippen LogP contribution in [0.15, 0.2) is 0 Å². The third-order valence-electron chi connectivity index (χ3n) is 2.99. The second-order valence-electron chi connectivity index (χ2n) is 4.36. The lowest BCUT2D eigenvalue weighted by Crippen LogP contribution is -2.69. The zero-order chi connectivity index (χ0) is 11.4. The van der Waals surface area contributed by atoms with Crippen LogP contribution in [0.25, 0.3) is 0 Å². The maximum atomic E-state index is 11.7. The van der Waals surface area contributed by atoms with E-state index in [0.717, 1.165) is 0 Å². The lowest BCUT2D eigenvalue weighted by atomic mass is 9.96. The normalized spacial score (nSPS) is 37.4. The number of fused-ring (bicyclic) bond motifs is 1. The van der Waals surface area contributed by atoms with Crippen molar-refractivity contribution in [2.75, 3.05) is 7.05 Å². The fourth-order valence-electron chi connectivity index (χ4n) is 2.28. The summed E-state index contributed by atoms with van der Waals surface area (Å²) >= 11 is 1.55. The van der Waals surface area contributed by atoms with Crippen molar-refractivity contribution in [1.82, 2.24) is 10.2 Å².